The monoisotopic (exact) mass is 346 g/mol. The minimum absolute atomic E-state index is 0.0882. The predicted molar refractivity (Wildman–Crippen MR) is 94.8 cm³/mol. The van der Waals surface area contributed by atoms with Crippen molar-refractivity contribution in [3.63, 3.8) is 0 Å². The first-order valence-corrected chi connectivity index (χ1v) is 10.2. The van der Waals surface area contributed by atoms with E-state index in [2.05, 4.69) is 16.0 Å². The molecular weight excluding hydrogens is 316 g/mol. The molecule has 6 rings (SSSR count). The van der Waals surface area contributed by atoms with Crippen LogP contribution in [0.4, 0.5) is 0 Å². The Hall–Kier alpha value is -1.07. The molecule has 138 valence electrons. The summed E-state index contributed by atoms with van der Waals surface area (Å²) in [7, 11) is 0. The Morgan fingerprint density at radius 2 is 2.00 bits per heavy atom. The number of aliphatic imine (C=N–C) groups is 1. The Kier molecular flexibility index (Phi) is 3.86. The van der Waals surface area contributed by atoms with E-state index in [1.165, 1.54) is 19.3 Å². The molecule has 1 aliphatic heterocycles. The van der Waals surface area contributed by atoms with Gasteiger partial charge in [0.1, 0.15) is 6.10 Å². The van der Waals surface area contributed by atoms with E-state index in [1.54, 1.807) is 0 Å². The summed E-state index contributed by atoms with van der Waals surface area (Å²) in [5.41, 5.74) is -0.411. The molecule has 3 unspecified atom stereocenters. The highest BCUT2D eigenvalue weighted by Gasteiger charge is 2.57. The molecule has 0 spiro atoms. The highest BCUT2D eigenvalue weighted by atomic mass is 16.5. The molecule has 0 radical (unpaired) electrons. The number of amidine groups is 1. The van der Waals surface area contributed by atoms with Gasteiger partial charge in [0, 0.05) is 18.8 Å². The quantitative estimate of drug-likeness (QED) is 0.850. The van der Waals surface area contributed by atoms with Crippen LogP contribution in [0.1, 0.15) is 58.3 Å². The lowest BCUT2D eigenvalue weighted by Gasteiger charge is -2.61. The van der Waals surface area contributed by atoms with Gasteiger partial charge in [0.05, 0.1) is 5.60 Å². The molecule has 0 aromatic carbocycles. The smallest absolute Gasteiger partial charge is 0.294 e. The second kappa shape index (κ2) is 5.98. The Morgan fingerprint density at radius 3 is 2.60 bits per heavy atom. The highest BCUT2D eigenvalue weighted by molar-refractivity contribution is 5.76. The van der Waals surface area contributed by atoms with E-state index in [4.69, 9.17) is 9.47 Å². The molecule has 6 aliphatic rings. The topological polar surface area (TPSA) is 54.3 Å². The zero-order chi connectivity index (χ0) is 17.0. The Morgan fingerprint density at radius 1 is 1.24 bits per heavy atom. The fourth-order valence-electron chi connectivity index (χ4n) is 6.19. The molecule has 0 aromatic heterocycles. The van der Waals surface area contributed by atoms with Gasteiger partial charge in [0.25, 0.3) is 6.02 Å². The zero-order valence-corrected chi connectivity index (χ0v) is 15.1. The normalized spacial score (nSPS) is 45.4. The maximum absolute atomic E-state index is 10.9. The Bertz CT molecular complexity index is 569. The van der Waals surface area contributed by atoms with Crippen LogP contribution < -0.4 is 0 Å². The molecule has 0 saturated heterocycles. The summed E-state index contributed by atoms with van der Waals surface area (Å²) in [6.45, 7) is 2.72. The van der Waals surface area contributed by atoms with Crippen LogP contribution in [-0.2, 0) is 9.47 Å². The summed E-state index contributed by atoms with van der Waals surface area (Å²) in [5.74, 6) is 1.76. The summed E-state index contributed by atoms with van der Waals surface area (Å²) in [6, 6.07) is 1.15. The van der Waals surface area contributed by atoms with Gasteiger partial charge in [-0.25, -0.2) is 4.99 Å². The van der Waals surface area contributed by atoms with Crippen LogP contribution in [0.15, 0.2) is 17.3 Å². The lowest BCUT2D eigenvalue weighted by molar-refractivity contribution is -0.171. The van der Waals surface area contributed by atoms with Gasteiger partial charge < -0.3 is 14.6 Å². The number of hydrogen-bond acceptors (Lipinski definition) is 5. The molecule has 0 amide bonds. The van der Waals surface area contributed by atoms with Gasteiger partial charge >= 0.3 is 0 Å². The van der Waals surface area contributed by atoms with Crippen LogP contribution in [0, 0.1) is 17.8 Å². The van der Waals surface area contributed by atoms with Crippen molar-refractivity contribution in [3.8, 4) is 0 Å². The number of hydrogen-bond donors (Lipinski definition) is 1. The summed E-state index contributed by atoms with van der Waals surface area (Å²) in [5, 5.41) is 10.9. The van der Waals surface area contributed by atoms with Crippen molar-refractivity contribution in [1.29, 1.82) is 0 Å². The molecule has 5 nitrogen and oxygen atoms in total. The van der Waals surface area contributed by atoms with Crippen molar-refractivity contribution in [2.45, 2.75) is 82.3 Å². The van der Waals surface area contributed by atoms with E-state index >= 15 is 0 Å². The van der Waals surface area contributed by atoms with Gasteiger partial charge in [-0.1, -0.05) is 0 Å². The summed E-state index contributed by atoms with van der Waals surface area (Å²) in [6.07, 6.45) is 13.0. The third kappa shape index (κ3) is 2.71. The molecule has 1 heterocycles. The van der Waals surface area contributed by atoms with Crippen LogP contribution in [0.2, 0.25) is 0 Å². The van der Waals surface area contributed by atoms with Gasteiger partial charge in [0.2, 0.25) is 0 Å². The number of nitrogens with zero attached hydrogens (tertiary/aromatic N) is 2. The first-order valence-electron chi connectivity index (χ1n) is 10.2. The van der Waals surface area contributed by atoms with Crippen LogP contribution in [0.3, 0.4) is 0 Å². The standard InChI is InChI=1S/C20H30N2O3/c1-2-24-17-6-7-21-19(25-16-4-3-5-16)22(17)18-14-8-13-9-15(18)12-20(23,10-13)11-14/h6-7,13-18,23H,2-5,8-12H2,1H3. The van der Waals surface area contributed by atoms with Gasteiger partial charge in [-0.2, -0.15) is 0 Å². The maximum Gasteiger partial charge on any atom is 0.294 e. The van der Waals surface area contributed by atoms with Crippen molar-refractivity contribution in [1.82, 2.24) is 4.90 Å². The molecular formula is C20H30N2O3. The first kappa shape index (κ1) is 16.1. The second-order valence-corrected chi connectivity index (χ2v) is 8.86. The molecule has 5 heteroatoms. The minimum Gasteiger partial charge on any atom is -0.462 e. The summed E-state index contributed by atoms with van der Waals surface area (Å²) >= 11 is 0. The first-order chi connectivity index (χ1) is 12.1. The van der Waals surface area contributed by atoms with Crippen molar-refractivity contribution < 1.29 is 14.6 Å². The Labute approximate surface area is 150 Å². The van der Waals surface area contributed by atoms with E-state index in [9.17, 15) is 5.11 Å². The van der Waals surface area contributed by atoms with E-state index in [0.717, 1.165) is 38.1 Å². The van der Waals surface area contributed by atoms with Crippen LogP contribution in [0.25, 0.3) is 0 Å². The third-order valence-electron chi connectivity index (χ3n) is 7.10. The summed E-state index contributed by atoms with van der Waals surface area (Å²) in [4.78, 5) is 6.94. The molecule has 4 bridgehead atoms. The van der Waals surface area contributed by atoms with Crippen molar-refractivity contribution in [3.05, 3.63) is 12.3 Å². The Balaban J connectivity index is 1.43. The lowest BCUT2D eigenvalue weighted by atomic mass is 9.52. The van der Waals surface area contributed by atoms with E-state index < -0.39 is 5.60 Å². The fraction of sp³-hybridized carbons (Fsp3) is 0.850. The lowest BCUT2D eigenvalue weighted by Crippen LogP contribution is -2.65. The average molecular weight is 346 g/mol. The molecule has 3 atom stereocenters. The SMILES string of the molecule is CCOC1C=CN=C(OC2CCC2)N1C1C2CC3CC1CC(O)(C3)C2. The fourth-order valence-corrected chi connectivity index (χ4v) is 6.19. The molecule has 25 heavy (non-hydrogen) atoms. The number of rotatable bonds is 4. The van der Waals surface area contributed by atoms with Gasteiger partial charge in [-0.15, -0.1) is 0 Å². The molecule has 5 aliphatic carbocycles. The van der Waals surface area contributed by atoms with Gasteiger partial charge in [0.15, 0.2) is 6.23 Å². The summed E-state index contributed by atoms with van der Waals surface area (Å²) < 4.78 is 12.3. The number of ether oxygens (including phenoxy) is 2. The van der Waals surface area contributed by atoms with Crippen LogP contribution in [-0.4, -0.2) is 46.6 Å². The predicted octanol–water partition coefficient (Wildman–Crippen LogP) is 3.04. The molecule has 1 N–H and O–H groups in total. The van der Waals surface area contributed by atoms with Crippen molar-refractivity contribution in [2.75, 3.05) is 6.61 Å². The zero-order valence-electron chi connectivity index (χ0n) is 15.1. The molecule has 5 saturated carbocycles. The average Bonchev–Trinajstić information content (AvgIpc) is 2.51. The third-order valence-corrected chi connectivity index (χ3v) is 7.10. The van der Waals surface area contributed by atoms with Crippen LogP contribution in [0.5, 0.6) is 0 Å². The number of aliphatic hydroxyl groups is 1. The van der Waals surface area contributed by atoms with Gasteiger partial charge in [-0.05, 0) is 82.1 Å². The molecule has 5 fully saturated rings. The highest BCUT2D eigenvalue weighted by Crippen LogP contribution is 2.57. The minimum atomic E-state index is -0.411. The molecule has 0 aromatic rings. The van der Waals surface area contributed by atoms with E-state index in [-0.39, 0.29) is 6.23 Å². The van der Waals surface area contributed by atoms with Gasteiger partial charge in [-0.3, -0.25) is 4.90 Å². The van der Waals surface area contributed by atoms with E-state index in [1.807, 2.05) is 13.1 Å². The van der Waals surface area contributed by atoms with Crippen molar-refractivity contribution >= 4 is 6.02 Å². The maximum atomic E-state index is 10.9. The van der Waals surface area contributed by atoms with E-state index in [0.29, 0.717) is 36.5 Å². The van der Waals surface area contributed by atoms with Crippen LogP contribution >= 0.6 is 0 Å². The largest absolute Gasteiger partial charge is 0.462 e. The second-order valence-electron chi connectivity index (χ2n) is 8.86. The van der Waals surface area contributed by atoms with Crippen molar-refractivity contribution in [2.24, 2.45) is 22.7 Å².